The van der Waals surface area contributed by atoms with Gasteiger partial charge in [-0.15, -0.1) is 0 Å². The molecule has 0 atom stereocenters. The van der Waals surface area contributed by atoms with Crippen molar-refractivity contribution in [3.8, 4) is 5.75 Å². The van der Waals surface area contributed by atoms with Crippen LogP contribution >= 0.6 is 11.6 Å². The van der Waals surface area contributed by atoms with Gasteiger partial charge in [0.1, 0.15) is 11.6 Å². The monoisotopic (exact) mass is 271 g/mol. The fourth-order valence-electron chi connectivity index (χ4n) is 1.78. The number of nitrogens with zero attached hydrogens (tertiary/aromatic N) is 2. The molecule has 0 amide bonds. The first-order chi connectivity index (χ1) is 9.20. The third-order valence-corrected chi connectivity index (χ3v) is 2.86. The number of anilines is 2. The predicted molar refractivity (Wildman–Crippen MR) is 75.9 cm³/mol. The molecule has 1 aromatic heterocycles. The quantitative estimate of drug-likeness (QED) is 0.746. The lowest BCUT2D eigenvalue weighted by molar-refractivity contribution is 0.475. The molecule has 1 heterocycles. The van der Waals surface area contributed by atoms with E-state index >= 15 is 0 Å². The molecule has 3 aromatic rings. The van der Waals surface area contributed by atoms with Gasteiger partial charge in [-0.3, -0.25) is 4.98 Å². The molecule has 0 saturated heterocycles. The van der Waals surface area contributed by atoms with Crippen molar-refractivity contribution in [1.29, 1.82) is 0 Å². The number of aromatic hydroxyl groups is 1. The van der Waals surface area contributed by atoms with Gasteiger partial charge >= 0.3 is 0 Å². The molecule has 0 fully saturated rings. The molecule has 4 nitrogen and oxygen atoms in total. The summed E-state index contributed by atoms with van der Waals surface area (Å²) in [6.07, 6.45) is 1.63. The van der Waals surface area contributed by atoms with Gasteiger partial charge in [-0.2, -0.15) is 0 Å². The summed E-state index contributed by atoms with van der Waals surface area (Å²) in [4.78, 5) is 8.72. The van der Waals surface area contributed by atoms with Crippen LogP contribution in [0.25, 0.3) is 11.0 Å². The zero-order valence-electron chi connectivity index (χ0n) is 9.84. The lowest BCUT2D eigenvalue weighted by Crippen LogP contribution is -1.95. The van der Waals surface area contributed by atoms with E-state index in [0.717, 1.165) is 16.7 Å². The molecule has 3 rings (SSSR count). The zero-order valence-corrected chi connectivity index (χ0v) is 10.6. The molecule has 19 heavy (non-hydrogen) atoms. The van der Waals surface area contributed by atoms with Gasteiger partial charge in [0.25, 0.3) is 0 Å². The van der Waals surface area contributed by atoms with Crippen molar-refractivity contribution in [1.82, 2.24) is 9.97 Å². The molecule has 0 aliphatic heterocycles. The van der Waals surface area contributed by atoms with E-state index < -0.39 is 0 Å². The van der Waals surface area contributed by atoms with Crippen LogP contribution in [0.2, 0.25) is 5.02 Å². The van der Waals surface area contributed by atoms with Gasteiger partial charge in [-0.25, -0.2) is 4.98 Å². The molecule has 5 heteroatoms. The van der Waals surface area contributed by atoms with Gasteiger partial charge < -0.3 is 10.4 Å². The molecule has 0 radical (unpaired) electrons. The number of nitrogens with one attached hydrogen (secondary N) is 1. The number of phenolic OH excluding ortho intramolecular Hbond substituents is 1. The van der Waals surface area contributed by atoms with Gasteiger partial charge in [0.05, 0.1) is 17.2 Å². The Labute approximate surface area is 114 Å². The molecule has 0 bridgehead atoms. The molecular formula is C14H10ClN3O. The second-order valence-corrected chi connectivity index (χ2v) is 4.50. The predicted octanol–water partition coefficient (Wildman–Crippen LogP) is 3.73. The lowest BCUT2D eigenvalue weighted by Gasteiger charge is -2.06. The number of hydrogen-bond acceptors (Lipinski definition) is 4. The topological polar surface area (TPSA) is 58.0 Å². The Balaban J connectivity index is 1.95. The maximum atomic E-state index is 9.40. The van der Waals surface area contributed by atoms with Crippen LogP contribution in [0.3, 0.4) is 0 Å². The summed E-state index contributed by atoms with van der Waals surface area (Å²) < 4.78 is 0. The third-order valence-electron chi connectivity index (χ3n) is 2.62. The summed E-state index contributed by atoms with van der Waals surface area (Å²) in [5.41, 5.74) is 2.26. The van der Waals surface area contributed by atoms with Crippen LogP contribution in [0.4, 0.5) is 11.5 Å². The molecule has 0 aliphatic carbocycles. The fraction of sp³-hybridized carbons (Fsp3) is 0. The van der Waals surface area contributed by atoms with Crippen molar-refractivity contribution in [2.24, 2.45) is 0 Å². The molecule has 0 spiro atoms. The normalized spacial score (nSPS) is 10.6. The minimum atomic E-state index is 0.200. The Morgan fingerprint density at radius 1 is 1.05 bits per heavy atom. The van der Waals surface area contributed by atoms with Crippen LogP contribution in [0.15, 0.2) is 48.7 Å². The second kappa shape index (κ2) is 4.74. The van der Waals surface area contributed by atoms with E-state index in [0.29, 0.717) is 10.8 Å². The number of benzene rings is 2. The fourth-order valence-corrected chi connectivity index (χ4v) is 1.94. The van der Waals surface area contributed by atoms with Crippen molar-refractivity contribution in [3.63, 3.8) is 0 Å². The minimum absolute atomic E-state index is 0.200. The maximum absolute atomic E-state index is 9.40. The summed E-state index contributed by atoms with van der Waals surface area (Å²) in [6, 6.07) is 12.2. The van der Waals surface area contributed by atoms with Gasteiger partial charge in [0.15, 0.2) is 0 Å². The summed E-state index contributed by atoms with van der Waals surface area (Å²) in [6.45, 7) is 0. The molecule has 2 aromatic carbocycles. The highest BCUT2D eigenvalue weighted by atomic mass is 35.5. The van der Waals surface area contributed by atoms with Crippen molar-refractivity contribution in [2.45, 2.75) is 0 Å². The summed E-state index contributed by atoms with van der Waals surface area (Å²) in [5, 5.41) is 13.1. The van der Waals surface area contributed by atoms with Crippen LogP contribution in [0, 0.1) is 0 Å². The van der Waals surface area contributed by atoms with Crippen molar-refractivity contribution in [2.75, 3.05) is 5.32 Å². The van der Waals surface area contributed by atoms with Gasteiger partial charge in [-0.1, -0.05) is 17.7 Å². The first kappa shape index (κ1) is 11.7. The van der Waals surface area contributed by atoms with E-state index in [1.54, 1.807) is 36.5 Å². The van der Waals surface area contributed by atoms with Gasteiger partial charge in [0, 0.05) is 16.8 Å². The number of hydrogen-bond donors (Lipinski definition) is 2. The molecular weight excluding hydrogens is 262 g/mol. The largest absolute Gasteiger partial charge is 0.508 e. The zero-order chi connectivity index (χ0) is 13.2. The van der Waals surface area contributed by atoms with E-state index in [1.807, 2.05) is 12.1 Å². The minimum Gasteiger partial charge on any atom is -0.508 e. The second-order valence-electron chi connectivity index (χ2n) is 4.06. The number of halogens is 1. The Morgan fingerprint density at radius 2 is 1.95 bits per heavy atom. The standard InChI is InChI=1S/C14H10ClN3O/c15-9-4-5-12-13(6-9)16-8-14(18-12)17-10-2-1-3-11(19)7-10/h1-8,19H,(H,17,18). The summed E-state index contributed by atoms with van der Waals surface area (Å²) in [5.74, 6) is 0.811. The van der Waals surface area contributed by atoms with E-state index in [-0.39, 0.29) is 5.75 Å². The molecule has 2 N–H and O–H groups in total. The Morgan fingerprint density at radius 3 is 2.79 bits per heavy atom. The lowest BCUT2D eigenvalue weighted by atomic mass is 10.3. The van der Waals surface area contributed by atoms with E-state index in [2.05, 4.69) is 15.3 Å². The Kier molecular flexibility index (Phi) is 2.93. The van der Waals surface area contributed by atoms with Crippen LogP contribution < -0.4 is 5.32 Å². The highest BCUT2D eigenvalue weighted by Gasteiger charge is 2.01. The highest BCUT2D eigenvalue weighted by molar-refractivity contribution is 6.31. The SMILES string of the molecule is Oc1cccc(Nc2cnc3cc(Cl)ccc3n2)c1. The average Bonchev–Trinajstić information content (AvgIpc) is 2.39. The van der Waals surface area contributed by atoms with Gasteiger partial charge in [-0.05, 0) is 30.3 Å². The van der Waals surface area contributed by atoms with Crippen molar-refractivity contribution >= 4 is 34.1 Å². The Bertz CT molecular complexity index is 746. The van der Waals surface area contributed by atoms with E-state index in [4.69, 9.17) is 11.6 Å². The molecule has 0 saturated carbocycles. The van der Waals surface area contributed by atoms with Crippen LogP contribution in [0.5, 0.6) is 5.75 Å². The van der Waals surface area contributed by atoms with Crippen LogP contribution in [-0.2, 0) is 0 Å². The summed E-state index contributed by atoms with van der Waals surface area (Å²) in [7, 11) is 0. The van der Waals surface area contributed by atoms with Gasteiger partial charge in [0.2, 0.25) is 0 Å². The van der Waals surface area contributed by atoms with E-state index in [9.17, 15) is 5.11 Å². The maximum Gasteiger partial charge on any atom is 0.149 e. The highest BCUT2D eigenvalue weighted by Crippen LogP contribution is 2.21. The first-order valence-corrected chi connectivity index (χ1v) is 6.07. The third kappa shape index (κ3) is 2.58. The smallest absolute Gasteiger partial charge is 0.149 e. The first-order valence-electron chi connectivity index (χ1n) is 5.69. The number of aromatic nitrogens is 2. The van der Waals surface area contributed by atoms with Crippen molar-refractivity contribution < 1.29 is 5.11 Å². The number of rotatable bonds is 2. The van der Waals surface area contributed by atoms with Crippen LogP contribution in [0.1, 0.15) is 0 Å². The average molecular weight is 272 g/mol. The molecule has 94 valence electrons. The van der Waals surface area contributed by atoms with Crippen LogP contribution in [-0.4, -0.2) is 15.1 Å². The molecule has 0 aliphatic rings. The Hall–Kier alpha value is -2.33. The summed E-state index contributed by atoms with van der Waals surface area (Å²) >= 11 is 5.89. The number of phenols is 1. The molecule has 0 unspecified atom stereocenters. The number of fused-ring (bicyclic) bond motifs is 1. The van der Waals surface area contributed by atoms with Crippen molar-refractivity contribution in [3.05, 3.63) is 53.7 Å². The van der Waals surface area contributed by atoms with E-state index in [1.165, 1.54) is 0 Å².